The van der Waals surface area contributed by atoms with Crippen LogP contribution in [0.2, 0.25) is 0 Å². The lowest BCUT2D eigenvalue weighted by Gasteiger charge is -2.52. The van der Waals surface area contributed by atoms with Crippen LogP contribution in [0, 0.1) is 5.92 Å². The Balaban J connectivity index is 2.44. The van der Waals surface area contributed by atoms with Crippen molar-refractivity contribution in [2.75, 3.05) is 10.6 Å². The van der Waals surface area contributed by atoms with Crippen LogP contribution in [0.25, 0.3) is 0 Å². The number of benzene rings is 1. The van der Waals surface area contributed by atoms with Gasteiger partial charge in [0.2, 0.25) is 0 Å². The zero-order valence-corrected chi connectivity index (χ0v) is 17.5. The molecular formula is C21H36N2O3. The van der Waals surface area contributed by atoms with Gasteiger partial charge in [0, 0.05) is 16.9 Å². The van der Waals surface area contributed by atoms with Gasteiger partial charge in [-0.2, -0.15) is 0 Å². The monoisotopic (exact) mass is 364 g/mol. The highest BCUT2D eigenvalue weighted by Gasteiger charge is 2.42. The first-order chi connectivity index (χ1) is 11.9. The molecule has 0 radical (unpaired) electrons. The number of hydrogen-bond acceptors (Lipinski definition) is 5. The highest BCUT2D eigenvalue weighted by Crippen LogP contribution is 2.44. The van der Waals surface area contributed by atoms with Crippen molar-refractivity contribution in [1.29, 1.82) is 0 Å². The van der Waals surface area contributed by atoms with Gasteiger partial charge in [0.15, 0.2) is 12.6 Å². The van der Waals surface area contributed by atoms with Gasteiger partial charge in [0.25, 0.3) is 0 Å². The Bertz CT molecular complexity index is 628. The lowest BCUT2D eigenvalue weighted by atomic mass is 9.77. The maximum absolute atomic E-state index is 9.45. The topological polar surface area (TPSA) is 68.0 Å². The fourth-order valence-electron chi connectivity index (χ4n) is 4.00. The van der Waals surface area contributed by atoms with Crippen molar-refractivity contribution >= 4 is 11.4 Å². The number of fused-ring (bicyclic) bond motifs is 1. The van der Waals surface area contributed by atoms with E-state index in [2.05, 4.69) is 51.7 Å². The molecule has 0 spiro atoms. The highest BCUT2D eigenvalue weighted by molar-refractivity contribution is 5.67. The van der Waals surface area contributed by atoms with Crippen molar-refractivity contribution in [2.24, 2.45) is 5.92 Å². The minimum Gasteiger partial charge on any atom is -0.398 e. The summed E-state index contributed by atoms with van der Waals surface area (Å²) < 4.78 is 11.4. The second kappa shape index (κ2) is 7.75. The van der Waals surface area contributed by atoms with Crippen molar-refractivity contribution in [3.05, 3.63) is 23.3 Å². The van der Waals surface area contributed by atoms with E-state index in [9.17, 15) is 5.11 Å². The molecule has 0 saturated carbocycles. The average molecular weight is 365 g/mol. The number of nitrogen functional groups attached to an aromatic ring is 1. The summed E-state index contributed by atoms with van der Waals surface area (Å²) >= 11 is 0. The standard InChI is InChI=1S/C21H36N2O3/c1-12(2)18-11-20-17(10-19(18)22)9-13(3)21(7,8)23(20)14(4)25-16(6)26-15(5)24/h10-16,24H,9,22H2,1-8H3. The number of aliphatic hydroxyl groups excluding tert-OH is 1. The zero-order chi connectivity index (χ0) is 19.8. The van der Waals surface area contributed by atoms with Gasteiger partial charge in [0.05, 0.1) is 0 Å². The first kappa shape index (κ1) is 21.0. The number of nitrogens with zero attached hydrogens (tertiary/aromatic N) is 1. The van der Waals surface area contributed by atoms with Crippen LogP contribution in [0.3, 0.4) is 0 Å². The summed E-state index contributed by atoms with van der Waals surface area (Å²) in [6.07, 6.45) is -0.567. The van der Waals surface area contributed by atoms with Gasteiger partial charge in [-0.05, 0) is 76.1 Å². The molecule has 4 atom stereocenters. The molecule has 0 aliphatic carbocycles. The molecule has 3 N–H and O–H groups in total. The fraction of sp³-hybridized carbons (Fsp3) is 0.714. The Labute approximate surface area is 158 Å². The zero-order valence-electron chi connectivity index (χ0n) is 17.5. The first-order valence-corrected chi connectivity index (χ1v) is 9.65. The van der Waals surface area contributed by atoms with E-state index < -0.39 is 12.6 Å². The van der Waals surface area contributed by atoms with E-state index in [1.165, 1.54) is 16.8 Å². The summed E-state index contributed by atoms with van der Waals surface area (Å²) in [4.78, 5) is 2.34. The van der Waals surface area contributed by atoms with E-state index in [0.29, 0.717) is 11.8 Å². The van der Waals surface area contributed by atoms with Crippen LogP contribution >= 0.6 is 0 Å². The van der Waals surface area contributed by atoms with Crippen LogP contribution < -0.4 is 10.6 Å². The Morgan fingerprint density at radius 1 is 1.15 bits per heavy atom. The summed E-state index contributed by atoms with van der Waals surface area (Å²) in [5.41, 5.74) is 10.7. The summed E-state index contributed by atoms with van der Waals surface area (Å²) in [5, 5.41) is 9.45. The molecule has 2 rings (SSSR count). The fourth-order valence-corrected chi connectivity index (χ4v) is 4.00. The van der Waals surface area contributed by atoms with E-state index in [1.54, 1.807) is 6.92 Å². The molecule has 1 heterocycles. The SMILES string of the molecule is CC(O)OC(C)OC(C)N1c2cc(C(C)C)c(N)cc2CC(C)C1(C)C. The van der Waals surface area contributed by atoms with Crippen molar-refractivity contribution in [3.63, 3.8) is 0 Å². The van der Waals surface area contributed by atoms with Crippen LogP contribution in [0.15, 0.2) is 12.1 Å². The van der Waals surface area contributed by atoms with Gasteiger partial charge < -0.3 is 25.2 Å². The number of nitrogens with two attached hydrogens (primary N) is 1. The smallest absolute Gasteiger partial charge is 0.160 e. The van der Waals surface area contributed by atoms with Crippen LogP contribution in [-0.4, -0.2) is 29.5 Å². The molecule has 1 aliphatic heterocycles. The average Bonchev–Trinajstić information content (AvgIpc) is 2.46. The van der Waals surface area contributed by atoms with Crippen molar-refractivity contribution in [3.8, 4) is 0 Å². The third kappa shape index (κ3) is 4.16. The summed E-state index contributed by atoms with van der Waals surface area (Å²) in [7, 11) is 0. The predicted octanol–water partition coefficient (Wildman–Crippen LogP) is 4.23. The van der Waals surface area contributed by atoms with E-state index in [0.717, 1.165) is 12.1 Å². The summed E-state index contributed by atoms with van der Waals surface area (Å²) in [6, 6.07) is 4.36. The lowest BCUT2D eigenvalue weighted by molar-refractivity contribution is -0.228. The molecule has 5 heteroatoms. The number of ether oxygens (including phenoxy) is 2. The molecule has 1 aliphatic rings. The number of rotatable bonds is 6. The Morgan fingerprint density at radius 2 is 1.77 bits per heavy atom. The third-order valence-electron chi connectivity index (χ3n) is 5.66. The lowest BCUT2D eigenvalue weighted by Crippen LogP contribution is -2.57. The van der Waals surface area contributed by atoms with Crippen molar-refractivity contribution < 1.29 is 14.6 Å². The molecule has 1 aromatic rings. The van der Waals surface area contributed by atoms with Gasteiger partial charge in [-0.15, -0.1) is 0 Å². The molecule has 4 unspecified atom stereocenters. The van der Waals surface area contributed by atoms with Crippen molar-refractivity contribution in [2.45, 2.75) is 92.1 Å². The Morgan fingerprint density at radius 3 is 2.31 bits per heavy atom. The van der Waals surface area contributed by atoms with Gasteiger partial charge in [-0.25, -0.2) is 0 Å². The van der Waals surface area contributed by atoms with Crippen molar-refractivity contribution in [1.82, 2.24) is 0 Å². The Kier molecular flexibility index (Phi) is 6.26. The molecule has 0 saturated heterocycles. The predicted molar refractivity (Wildman–Crippen MR) is 107 cm³/mol. The van der Waals surface area contributed by atoms with Crippen LogP contribution in [-0.2, 0) is 15.9 Å². The summed E-state index contributed by atoms with van der Waals surface area (Å²) in [5.74, 6) is 0.802. The third-order valence-corrected chi connectivity index (χ3v) is 5.66. The summed E-state index contributed by atoms with van der Waals surface area (Å²) in [6.45, 7) is 16.5. The molecule has 0 bridgehead atoms. The molecule has 5 nitrogen and oxygen atoms in total. The molecule has 0 fully saturated rings. The molecule has 0 aromatic heterocycles. The molecule has 1 aromatic carbocycles. The van der Waals surface area contributed by atoms with E-state index >= 15 is 0 Å². The highest BCUT2D eigenvalue weighted by atomic mass is 16.7. The van der Waals surface area contributed by atoms with Gasteiger partial charge in [0.1, 0.15) is 6.23 Å². The molecule has 0 amide bonds. The first-order valence-electron chi connectivity index (χ1n) is 9.65. The van der Waals surface area contributed by atoms with Crippen LogP contribution in [0.4, 0.5) is 11.4 Å². The molecular weight excluding hydrogens is 328 g/mol. The molecule has 26 heavy (non-hydrogen) atoms. The van der Waals surface area contributed by atoms with Gasteiger partial charge in [-0.1, -0.05) is 20.8 Å². The van der Waals surface area contributed by atoms with E-state index in [4.69, 9.17) is 15.2 Å². The Hall–Kier alpha value is -1.30. The van der Waals surface area contributed by atoms with Crippen LogP contribution in [0.5, 0.6) is 0 Å². The number of hydrogen-bond donors (Lipinski definition) is 2. The number of aliphatic hydroxyl groups is 1. The maximum atomic E-state index is 9.45. The quantitative estimate of drug-likeness (QED) is 0.584. The maximum Gasteiger partial charge on any atom is 0.160 e. The number of anilines is 2. The minimum atomic E-state index is -0.856. The van der Waals surface area contributed by atoms with Gasteiger partial charge >= 0.3 is 0 Å². The second-order valence-electron chi connectivity index (χ2n) is 8.43. The normalized spacial score (nSPS) is 22.8. The van der Waals surface area contributed by atoms with E-state index in [1.807, 2.05) is 13.8 Å². The molecule has 148 valence electrons. The van der Waals surface area contributed by atoms with Crippen LogP contribution in [0.1, 0.15) is 72.4 Å². The minimum absolute atomic E-state index is 0.0820. The second-order valence-corrected chi connectivity index (χ2v) is 8.43. The van der Waals surface area contributed by atoms with E-state index in [-0.39, 0.29) is 11.8 Å². The van der Waals surface area contributed by atoms with Gasteiger partial charge in [-0.3, -0.25) is 0 Å². The largest absolute Gasteiger partial charge is 0.398 e.